The SMILES string of the molecule is Clc1ccc(-c2cccc3c2Cc2ccccc2-3)c(Cc2ccccc2)c1. The van der Waals surface area contributed by atoms with Crippen LogP contribution < -0.4 is 0 Å². The fourth-order valence-corrected chi connectivity index (χ4v) is 4.39. The zero-order valence-electron chi connectivity index (χ0n) is 15.0. The van der Waals surface area contributed by atoms with Gasteiger partial charge in [0, 0.05) is 5.02 Å². The first kappa shape index (κ1) is 16.4. The van der Waals surface area contributed by atoms with E-state index in [1.165, 1.54) is 44.5 Å². The van der Waals surface area contributed by atoms with Gasteiger partial charge in [-0.1, -0.05) is 90.5 Å². The van der Waals surface area contributed by atoms with Gasteiger partial charge in [-0.2, -0.15) is 0 Å². The van der Waals surface area contributed by atoms with E-state index >= 15 is 0 Å². The van der Waals surface area contributed by atoms with E-state index in [4.69, 9.17) is 11.6 Å². The normalized spacial score (nSPS) is 11.9. The van der Waals surface area contributed by atoms with Gasteiger partial charge in [-0.25, -0.2) is 0 Å². The molecule has 4 aromatic carbocycles. The first-order valence-corrected chi connectivity index (χ1v) is 9.70. The molecule has 0 fully saturated rings. The summed E-state index contributed by atoms with van der Waals surface area (Å²) in [5, 5.41) is 0.792. The minimum Gasteiger partial charge on any atom is -0.0843 e. The lowest BCUT2D eigenvalue weighted by Crippen LogP contribution is -1.95. The summed E-state index contributed by atoms with van der Waals surface area (Å²) in [5.41, 5.74) is 10.8. The first-order chi connectivity index (χ1) is 13.3. The molecule has 0 radical (unpaired) electrons. The number of rotatable bonds is 3. The summed E-state index contributed by atoms with van der Waals surface area (Å²) in [4.78, 5) is 0. The maximum Gasteiger partial charge on any atom is 0.0409 e. The van der Waals surface area contributed by atoms with Crippen molar-refractivity contribution in [1.29, 1.82) is 0 Å². The van der Waals surface area contributed by atoms with Crippen LogP contribution in [0.1, 0.15) is 22.3 Å². The van der Waals surface area contributed by atoms with Gasteiger partial charge in [-0.05, 0) is 69.5 Å². The van der Waals surface area contributed by atoms with E-state index in [9.17, 15) is 0 Å². The molecule has 0 aliphatic heterocycles. The molecule has 0 heterocycles. The summed E-state index contributed by atoms with van der Waals surface area (Å²) < 4.78 is 0. The Morgan fingerprint density at radius 3 is 2.19 bits per heavy atom. The zero-order chi connectivity index (χ0) is 18.2. The molecule has 0 spiro atoms. The van der Waals surface area contributed by atoms with Crippen molar-refractivity contribution >= 4 is 11.6 Å². The summed E-state index contributed by atoms with van der Waals surface area (Å²) in [7, 11) is 0. The molecule has 0 aromatic heterocycles. The van der Waals surface area contributed by atoms with Gasteiger partial charge in [0.1, 0.15) is 0 Å². The van der Waals surface area contributed by atoms with E-state index in [0.29, 0.717) is 0 Å². The van der Waals surface area contributed by atoms with Crippen molar-refractivity contribution in [1.82, 2.24) is 0 Å². The number of hydrogen-bond donors (Lipinski definition) is 0. The molecule has 4 aromatic rings. The van der Waals surface area contributed by atoms with Gasteiger partial charge in [0.15, 0.2) is 0 Å². The highest BCUT2D eigenvalue weighted by molar-refractivity contribution is 6.30. The minimum atomic E-state index is 0.792. The van der Waals surface area contributed by atoms with E-state index in [1.54, 1.807) is 0 Å². The van der Waals surface area contributed by atoms with Crippen LogP contribution in [0.2, 0.25) is 5.02 Å². The zero-order valence-corrected chi connectivity index (χ0v) is 15.7. The summed E-state index contributed by atoms with van der Waals surface area (Å²) in [6.45, 7) is 0. The summed E-state index contributed by atoms with van der Waals surface area (Å²) in [6.07, 6.45) is 1.88. The van der Waals surface area contributed by atoms with E-state index in [0.717, 1.165) is 17.9 Å². The van der Waals surface area contributed by atoms with Gasteiger partial charge in [0.25, 0.3) is 0 Å². The van der Waals surface area contributed by atoms with Crippen LogP contribution in [0.4, 0.5) is 0 Å². The van der Waals surface area contributed by atoms with Crippen LogP contribution in [0, 0.1) is 0 Å². The Kier molecular flexibility index (Phi) is 4.07. The van der Waals surface area contributed by atoms with Gasteiger partial charge in [-0.15, -0.1) is 0 Å². The molecule has 1 aliphatic rings. The number of halogens is 1. The fraction of sp³-hybridized carbons (Fsp3) is 0.0769. The van der Waals surface area contributed by atoms with Gasteiger partial charge in [0.05, 0.1) is 0 Å². The van der Waals surface area contributed by atoms with Gasteiger partial charge in [-0.3, -0.25) is 0 Å². The third kappa shape index (κ3) is 2.97. The third-order valence-corrected chi connectivity index (χ3v) is 5.68. The second-order valence-corrected chi connectivity index (χ2v) is 7.57. The highest BCUT2D eigenvalue weighted by Crippen LogP contribution is 2.42. The van der Waals surface area contributed by atoms with E-state index in [1.807, 2.05) is 6.07 Å². The average molecular weight is 367 g/mol. The molecule has 0 amide bonds. The van der Waals surface area contributed by atoms with E-state index in [2.05, 4.69) is 84.9 Å². The summed E-state index contributed by atoms with van der Waals surface area (Å²) >= 11 is 6.36. The molecule has 0 bridgehead atoms. The van der Waals surface area contributed by atoms with Crippen molar-refractivity contribution in [2.24, 2.45) is 0 Å². The van der Waals surface area contributed by atoms with Crippen molar-refractivity contribution in [2.45, 2.75) is 12.8 Å². The van der Waals surface area contributed by atoms with Crippen molar-refractivity contribution in [3.8, 4) is 22.3 Å². The quantitative estimate of drug-likeness (QED) is 0.317. The monoisotopic (exact) mass is 366 g/mol. The van der Waals surface area contributed by atoms with E-state index in [-0.39, 0.29) is 0 Å². The standard InChI is InChI=1S/C26H19Cl/c27-21-13-14-23(20(16-21)15-18-7-2-1-3-8-18)25-12-6-11-24-22-10-5-4-9-19(22)17-26(24)25/h1-14,16H,15,17H2. The molecule has 1 heteroatoms. The fourth-order valence-electron chi connectivity index (χ4n) is 4.20. The molecule has 0 atom stereocenters. The maximum atomic E-state index is 6.36. The van der Waals surface area contributed by atoms with Crippen LogP contribution in [0.3, 0.4) is 0 Å². The third-order valence-electron chi connectivity index (χ3n) is 5.45. The lowest BCUT2D eigenvalue weighted by atomic mass is 9.90. The number of benzene rings is 4. The second kappa shape index (κ2) is 6.72. The first-order valence-electron chi connectivity index (χ1n) is 9.32. The van der Waals surface area contributed by atoms with Crippen molar-refractivity contribution in [2.75, 3.05) is 0 Å². The number of fused-ring (bicyclic) bond motifs is 3. The van der Waals surface area contributed by atoms with Crippen molar-refractivity contribution < 1.29 is 0 Å². The summed E-state index contributed by atoms with van der Waals surface area (Å²) in [6, 6.07) is 32.3. The molecule has 0 N–H and O–H groups in total. The van der Waals surface area contributed by atoms with Crippen LogP contribution >= 0.6 is 11.6 Å². The Bertz CT molecular complexity index is 1130. The largest absolute Gasteiger partial charge is 0.0843 e. The maximum absolute atomic E-state index is 6.36. The van der Waals surface area contributed by atoms with E-state index < -0.39 is 0 Å². The van der Waals surface area contributed by atoms with Gasteiger partial charge >= 0.3 is 0 Å². The van der Waals surface area contributed by atoms with Crippen LogP contribution in [0.15, 0.2) is 91.0 Å². The highest BCUT2D eigenvalue weighted by atomic mass is 35.5. The van der Waals surface area contributed by atoms with Crippen molar-refractivity contribution in [3.05, 3.63) is 118 Å². The molecule has 130 valence electrons. The smallest absolute Gasteiger partial charge is 0.0409 e. The molecule has 5 rings (SSSR count). The Morgan fingerprint density at radius 2 is 1.33 bits per heavy atom. The molecule has 0 unspecified atom stereocenters. The molecular formula is C26H19Cl. The minimum absolute atomic E-state index is 0.792. The van der Waals surface area contributed by atoms with Crippen LogP contribution in [-0.4, -0.2) is 0 Å². The van der Waals surface area contributed by atoms with Gasteiger partial charge < -0.3 is 0 Å². The van der Waals surface area contributed by atoms with Crippen molar-refractivity contribution in [3.63, 3.8) is 0 Å². The summed E-state index contributed by atoms with van der Waals surface area (Å²) in [5.74, 6) is 0. The molecular weight excluding hydrogens is 348 g/mol. The lowest BCUT2D eigenvalue weighted by Gasteiger charge is -2.14. The predicted octanol–water partition coefficient (Wildman–Crippen LogP) is 7.17. The second-order valence-electron chi connectivity index (χ2n) is 7.13. The Labute approximate surface area is 165 Å². The Morgan fingerprint density at radius 1 is 0.630 bits per heavy atom. The molecule has 27 heavy (non-hydrogen) atoms. The average Bonchev–Trinajstić information content (AvgIpc) is 3.08. The Hall–Kier alpha value is -2.83. The topological polar surface area (TPSA) is 0 Å². The van der Waals surface area contributed by atoms with Crippen LogP contribution in [0.25, 0.3) is 22.3 Å². The molecule has 0 saturated carbocycles. The van der Waals surface area contributed by atoms with Crippen LogP contribution in [0.5, 0.6) is 0 Å². The number of hydrogen-bond acceptors (Lipinski definition) is 0. The predicted molar refractivity (Wildman–Crippen MR) is 114 cm³/mol. The molecule has 1 aliphatic carbocycles. The molecule has 0 nitrogen and oxygen atoms in total. The highest BCUT2D eigenvalue weighted by Gasteiger charge is 2.22. The molecule has 0 saturated heterocycles. The lowest BCUT2D eigenvalue weighted by molar-refractivity contribution is 1.19. The van der Waals surface area contributed by atoms with Crippen LogP contribution in [-0.2, 0) is 12.8 Å². The Balaban J connectivity index is 1.65. The van der Waals surface area contributed by atoms with Gasteiger partial charge in [0.2, 0.25) is 0 Å².